The summed E-state index contributed by atoms with van der Waals surface area (Å²) in [5.41, 5.74) is -3.91. The summed E-state index contributed by atoms with van der Waals surface area (Å²) in [6.07, 6.45) is 4.88. The number of nitrogens with zero attached hydrogens (tertiary/aromatic N) is 2. The zero-order chi connectivity index (χ0) is 44.2. The van der Waals surface area contributed by atoms with Gasteiger partial charge in [-0.2, -0.15) is 0 Å². The van der Waals surface area contributed by atoms with E-state index in [0.29, 0.717) is 49.8 Å². The average Bonchev–Trinajstić information content (AvgIpc) is 4.01. The van der Waals surface area contributed by atoms with Gasteiger partial charge in [0.15, 0.2) is 5.60 Å². The number of allylic oxidation sites excluding steroid dienone is 1. The Hall–Kier alpha value is -4.54. The number of rotatable bonds is 9. The van der Waals surface area contributed by atoms with Gasteiger partial charge >= 0.3 is 6.09 Å². The Morgan fingerprint density at radius 1 is 1.11 bits per heavy atom. The minimum absolute atomic E-state index is 0.0159. The van der Waals surface area contributed by atoms with Crippen molar-refractivity contribution in [3.05, 3.63) is 42.6 Å². The predicted octanol–water partition coefficient (Wildman–Crippen LogP) is 5.01. The zero-order valence-electron chi connectivity index (χ0n) is 35.9. The monoisotopic (exact) mass is 820 g/mol. The van der Waals surface area contributed by atoms with Crippen LogP contribution < -0.4 is 24.8 Å². The number of hydrogen-bond donors (Lipinski definition) is 3. The molecular weight excluding hydrogens is 765 g/mol. The smallest absolute Gasteiger partial charge is 0.408 e. The van der Waals surface area contributed by atoms with Crippen molar-refractivity contribution in [2.24, 2.45) is 17.8 Å². The molecule has 4 aliphatic rings. The van der Waals surface area contributed by atoms with E-state index in [9.17, 15) is 36.4 Å². The molecule has 0 bridgehead atoms. The maximum atomic E-state index is 14.8. The molecule has 4 amide bonds. The molecule has 6 rings (SSSR count). The minimum Gasteiger partial charge on any atom is -0.494 e. The first-order valence-electron chi connectivity index (χ1n) is 20.7. The lowest BCUT2D eigenvalue weighted by Gasteiger charge is -2.35. The second-order valence-corrected chi connectivity index (χ2v) is 19.1. The van der Waals surface area contributed by atoms with E-state index in [1.165, 1.54) is 18.0 Å². The third kappa shape index (κ3) is 8.53. The third-order valence-corrected chi connectivity index (χ3v) is 14.2. The molecular formula is C40H53F2N5O9S. The molecule has 0 spiro atoms. The number of pyridine rings is 1. The predicted molar refractivity (Wildman–Crippen MR) is 206 cm³/mol. The van der Waals surface area contributed by atoms with Crippen molar-refractivity contribution in [2.45, 2.75) is 126 Å². The first kappa shape index (κ1) is 38.0. The number of alkyl carbamates (subject to hydrolysis) is 1. The lowest BCUT2D eigenvalue weighted by atomic mass is 9.88. The molecule has 2 saturated carbocycles. The number of aromatic nitrogens is 1. The molecule has 2 aliphatic carbocycles. The van der Waals surface area contributed by atoms with Crippen LogP contribution >= 0.6 is 0 Å². The van der Waals surface area contributed by atoms with Gasteiger partial charge in [-0.1, -0.05) is 44.2 Å². The highest BCUT2D eigenvalue weighted by atomic mass is 32.2. The van der Waals surface area contributed by atoms with Gasteiger partial charge in [0.2, 0.25) is 27.7 Å². The summed E-state index contributed by atoms with van der Waals surface area (Å²) in [5.74, 6) is -7.06. The van der Waals surface area contributed by atoms with E-state index in [-0.39, 0.29) is 36.9 Å². The molecule has 14 nitrogen and oxygen atoms in total. The number of alkyl halides is 2. The summed E-state index contributed by atoms with van der Waals surface area (Å²) in [5, 5.41) is 6.04. The lowest BCUT2D eigenvalue weighted by Crippen LogP contribution is -2.59. The molecule has 1 aromatic heterocycles. The van der Waals surface area contributed by atoms with Gasteiger partial charge in [0.05, 0.1) is 28.6 Å². The van der Waals surface area contributed by atoms with E-state index >= 15 is 0 Å². The van der Waals surface area contributed by atoms with Crippen LogP contribution in [0.2, 0.25) is 0 Å². The van der Waals surface area contributed by atoms with Crippen molar-refractivity contribution in [1.82, 2.24) is 25.2 Å². The number of fused-ring (bicyclic) bond motifs is 3. The van der Waals surface area contributed by atoms with Crippen molar-refractivity contribution in [3.63, 3.8) is 0 Å². The number of ether oxygens (including phenoxy) is 3. The summed E-state index contributed by atoms with van der Waals surface area (Å²) < 4.78 is 95.7. The van der Waals surface area contributed by atoms with Gasteiger partial charge in [0.25, 0.3) is 11.8 Å². The van der Waals surface area contributed by atoms with E-state index < -0.39 is 92.7 Å². The first-order valence-corrected chi connectivity index (χ1v) is 20.7. The van der Waals surface area contributed by atoms with E-state index in [0.717, 1.165) is 13.8 Å². The standard InChI is InChI=1S/C40H53F2N5O9S/c1-23-12-8-9-13-25-20-40(25,35(50)46-57(52,53)38(5)16-17-38)45-32(48)29-19-26(55-33-28-15-11-10-14-27(28)30(54-7)21-43-33)22-47(29)34(49)31(24(2)18-23)44-36(51)56-37(3,4)39(6,41)42/h9-11,13-15,21,23-26,29,31H,8,12,16-20,22H2,1-7H3,(H,44,51)(H,45,48)(H,46,50)/b13-9-/t23-,24-,25-,26-,29+,31+,40-/m1/s1/i7D3. The Balaban J connectivity index is 1.36. The van der Waals surface area contributed by atoms with Crippen molar-refractivity contribution in [1.29, 1.82) is 0 Å². The number of benzene rings is 1. The van der Waals surface area contributed by atoms with Gasteiger partial charge in [-0.05, 0) is 77.2 Å². The molecule has 57 heavy (non-hydrogen) atoms. The molecule has 3 fully saturated rings. The highest BCUT2D eigenvalue weighted by Crippen LogP contribution is 2.48. The van der Waals surface area contributed by atoms with Crippen LogP contribution in [0, 0.1) is 17.8 Å². The number of methoxy groups -OCH3 is 1. The Labute approximate surface area is 336 Å². The van der Waals surface area contributed by atoms with E-state index in [2.05, 4.69) is 20.3 Å². The van der Waals surface area contributed by atoms with Gasteiger partial charge in [-0.3, -0.25) is 19.1 Å². The van der Waals surface area contributed by atoms with Crippen molar-refractivity contribution in [3.8, 4) is 11.6 Å². The van der Waals surface area contributed by atoms with Gasteiger partial charge in [-0.15, -0.1) is 0 Å². The Kier molecular flexibility index (Phi) is 10.2. The normalized spacial score (nSPS) is 30.7. The van der Waals surface area contributed by atoms with Crippen LogP contribution in [0.5, 0.6) is 11.6 Å². The second kappa shape index (κ2) is 15.3. The summed E-state index contributed by atoms with van der Waals surface area (Å²) in [6, 6.07) is 3.87. The van der Waals surface area contributed by atoms with Gasteiger partial charge in [-0.25, -0.2) is 27.0 Å². The number of sulfonamides is 1. The minimum atomic E-state index is -4.09. The fraction of sp³-hybridized carbons (Fsp3) is 0.625. The Bertz CT molecular complexity index is 2160. The Morgan fingerprint density at radius 3 is 2.47 bits per heavy atom. The number of nitrogens with one attached hydrogen (secondary N) is 3. The molecule has 312 valence electrons. The molecule has 0 unspecified atom stereocenters. The Morgan fingerprint density at radius 2 is 1.81 bits per heavy atom. The fourth-order valence-electron chi connectivity index (χ4n) is 7.55. The second-order valence-electron chi connectivity index (χ2n) is 16.9. The maximum Gasteiger partial charge on any atom is 0.408 e. The van der Waals surface area contributed by atoms with Crippen LogP contribution in [-0.2, 0) is 29.1 Å². The highest BCUT2D eigenvalue weighted by molar-refractivity contribution is 7.91. The van der Waals surface area contributed by atoms with Crippen LogP contribution in [-0.4, -0.2) is 95.7 Å². The van der Waals surface area contributed by atoms with Crippen LogP contribution in [0.15, 0.2) is 42.6 Å². The quantitative estimate of drug-likeness (QED) is 0.291. The lowest BCUT2D eigenvalue weighted by molar-refractivity contribution is -0.152. The van der Waals surface area contributed by atoms with Gasteiger partial charge in [0.1, 0.15) is 29.5 Å². The molecule has 2 aliphatic heterocycles. The van der Waals surface area contributed by atoms with Crippen molar-refractivity contribution in [2.75, 3.05) is 13.6 Å². The number of amides is 4. The van der Waals surface area contributed by atoms with Crippen molar-refractivity contribution >= 4 is 44.6 Å². The summed E-state index contributed by atoms with van der Waals surface area (Å²) in [7, 11) is -6.87. The number of halogens is 2. The molecule has 3 heterocycles. The van der Waals surface area contributed by atoms with Crippen LogP contribution in [0.3, 0.4) is 0 Å². The molecule has 1 saturated heterocycles. The summed E-state index contributed by atoms with van der Waals surface area (Å²) >= 11 is 0. The highest BCUT2D eigenvalue weighted by Gasteiger charge is 2.63. The summed E-state index contributed by atoms with van der Waals surface area (Å²) in [4.78, 5) is 62.2. The van der Waals surface area contributed by atoms with E-state index in [1.54, 1.807) is 37.3 Å². The SMILES string of the molecule is [2H]C([2H])([2H])Oc1cnc(O[C@@H]2C[C@H]3C(=O)N[C@]4(C(=O)NS(=O)(=O)C5(C)CC5)C[C@H]4/C=C\CC[C@@H](C)C[C@@H](C)[C@H](NC(=O)OC(C)(C)C(C)(F)F)C(=O)N3C2)c2ccccc12. The fourth-order valence-corrected chi connectivity index (χ4v) is 8.86. The third-order valence-electron chi connectivity index (χ3n) is 12.0. The van der Waals surface area contributed by atoms with Gasteiger partial charge in [0, 0.05) is 30.0 Å². The maximum absolute atomic E-state index is 14.8. The average molecular weight is 821 g/mol. The molecule has 17 heteroatoms. The van der Waals surface area contributed by atoms with E-state index in [1.807, 2.05) is 13.0 Å². The topological polar surface area (TPSA) is 182 Å². The number of hydrogen-bond acceptors (Lipinski definition) is 10. The van der Waals surface area contributed by atoms with Crippen LogP contribution in [0.25, 0.3) is 10.8 Å². The molecule has 0 radical (unpaired) electrons. The molecule has 7 atom stereocenters. The number of carbonyl (C=O) groups excluding carboxylic acids is 4. The number of carbonyl (C=O) groups is 4. The zero-order valence-corrected chi connectivity index (χ0v) is 33.7. The summed E-state index contributed by atoms with van der Waals surface area (Å²) in [6.45, 7) is 7.65. The molecule has 3 N–H and O–H groups in total. The van der Waals surface area contributed by atoms with E-state index in [4.69, 9.17) is 18.3 Å². The van der Waals surface area contributed by atoms with Gasteiger partial charge < -0.3 is 29.7 Å². The first-order chi connectivity index (χ1) is 27.8. The van der Waals surface area contributed by atoms with Crippen LogP contribution in [0.4, 0.5) is 13.6 Å². The van der Waals surface area contributed by atoms with Crippen molar-refractivity contribution < 1.29 is 54.7 Å². The largest absolute Gasteiger partial charge is 0.494 e. The van der Waals surface area contributed by atoms with Crippen LogP contribution in [0.1, 0.15) is 90.6 Å². The molecule has 1 aromatic carbocycles. The molecule has 2 aromatic rings.